The molecule has 164 valence electrons. The standard InChI is InChI=1S/C23H28N4O3S/c1-3-24-22(27-16-23(2,29)20-10-6-12-31-20)26-14-17-7-4-8-18(13-17)21(28)25-15-19-9-5-11-30-19/h4-13,29H,3,14-16H2,1-2H3,(H,25,28)(H2,24,26,27). The number of hydrogen-bond acceptors (Lipinski definition) is 5. The van der Waals surface area contributed by atoms with Gasteiger partial charge < -0.3 is 25.5 Å². The highest BCUT2D eigenvalue weighted by Crippen LogP contribution is 2.24. The predicted molar refractivity (Wildman–Crippen MR) is 123 cm³/mol. The number of nitrogens with one attached hydrogen (secondary N) is 3. The lowest BCUT2D eigenvalue weighted by atomic mass is 10.1. The molecule has 8 heteroatoms. The van der Waals surface area contributed by atoms with Crippen molar-refractivity contribution in [3.63, 3.8) is 0 Å². The average molecular weight is 441 g/mol. The van der Waals surface area contributed by atoms with Crippen molar-refractivity contribution in [2.75, 3.05) is 13.1 Å². The van der Waals surface area contributed by atoms with Crippen LogP contribution in [0, 0.1) is 0 Å². The molecule has 4 N–H and O–H groups in total. The van der Waals surface area contributed by atoms with E-state index in [-0.39, 0.29) is 5.91 Å². The molecule has 31 heavy (non-hydrogen) atoms. The Morgan fingerprint density at radius 2 is 2.03 bits per heavy atom. The molecule has 2 aromatic heterocycles. The number of benzene rings is 1. The summed E-state index contributed by atoms with van der Waals surface area (Å²) in [6, 6.07) is 14.8. The molecule has 0 radical (unpaired) electrons. The molecular weight excluding hydrogens is 412 g/mol. The lowest BCUT2D eigenvalue weighted by Crippen LogP contribution is -2.44. The van der Waals surface area contributed by atoms with E-state index < -0.39 is 5.60 Å². The fraction of sp³-hybridized carbons (Fsp3) is 0.304. The van der Waals surface area contributed by atoms with Crippen LogP contribution in [-0.4, -0.2) is 30.1 Å². The number of furan rings is 1. The molecule has 1 aromatic carbocycles. The fourth-order valence-electron chi connectivity index (χ4n) is 2.93. The molecule has 0 aliphatic carbocycles. The number of rotatable bonds is 9. The first-order valence-electron chi connectivity index (χ1n) is 10.2. The molecule has 0 fully saturated rings. The maximum atomic E-state index is 12.4. The van der Waals surface area contributed by atoms with E-state index in [1.807, 2.05) is 48.7 Å². The van der Waals surface area contributed by atoms with E-state index in [4.69, 9.17) is 4.42 Å². The Morgan fingerprint density at radius 1 is 1.16 bits per heavy atom. The van der Waals surface area contributed by atoms with Crippen LogP contribution in [0.25, 0.3) is 0 Å². The number of amides is 1. The molecule has 1 amide bonds. The molecule has 1 unspecified atom stereocenters. The van der Waals surface area contributed by atoms with Gasteiger partial charge in [0.05, 0.1) is 25.9 Å². The second-order valence-electron chi connectivity index (χ2n) is 7.26. The first-order valence-corrected chi connectivity index (χ1v) is 11.0. The number of nitrogens with zero attached hydrogens (tertiary/aromatic N) is 1. The van der Waals surface area contributed by atoms with Gasteiger partial charge >= 0.3 is 0 Å². The van der Waals surface area contributed by atoms with Gasteiger partial charge in [-0.25, -0.2) is 4.99 Å². The van der Waals surface area contributed by atoms with E-state index in [9.17, 15) is 9.90 Å². The van der Waals surface area contributed by atoms with Gasteiger partial charge in [-0.15, -0.1) is 11.3 Å². The molecule has 3 rings (SSSR count). The minimum absolute atomic E-state index is 0.167. The third-order valence-electron chi connectivity index (χ3n) is 4.61. The smallest absolute Gasteiger partial charge is 0.251 e. The number of thiophene rings is 1. The molecule has 7 nitrogen and oxygen atoms in total. The fourth-order valence-corrected chi connectivity index (χ4v) is 3.72. The molecular formula is C23H28N4O3S. The summed E-state index contributed by atoms with van der Waals surface area (Å²) in [6.45, 7) is 5.53. The van der Waals surface area contributed by atoms with Crippen molar-refractivity contribution in [2.45, 2.75) is 32.5 Å². The van der Waals surface area contributed by atoms with Crippen molar-refractivity contribution in [2.24, 2.45) is 4.99 Å². The van der Waals surface area contributed by atoms with Crippen LogP contribution in [0.1, 0.15) is 40.4 Å². The van der Waals surface area contributed by atoms with Crippen molar-refractivity contribution in [1.82, 2.24) is 16.0 Å². The number of carbonyl (C=O) groups is 1. The second-order valence-corrected chi connectivity index (χ2v) is 8.21. The van der Waals surface area contributed by atoms with Crippen LogP contribution in [0.4, 0.5) is 0 Å². The van der Waals surface area contributed by atoms with Crippen molar-refractivity contribution in [3.8, 4) is 0 Å². The summed E-state index contributed by atoms with van der Waals surface area (Å²) >= 11 is 1.52. The topological polar surface area (TPSA) is 98.9 Å². The van der Waals surface area contributed by atoms with Crippen LogP contribution < -0.4 is 16.0 Å². The van der Waals surface area contributed by atoms with Crippen LogP contribution in [0.5, 0.6) is 0 Å². The number of carbonyl (C=O) groups excluding carboxylic acids is 1. The van der Waals surface area contributed by atoms with Crippen LogP contribution in [0.2, 0.25) is 0 Å². The van der Waals surface area contributed by atoms with Crippen molar-refractivity contribution in [3.05, 3.63) is 81.9 Å². The maximum Gasteiger partial charge on any atom is 0.251 e. The summed E-state index contributed by atoms with van der Waals surface area (Å²) in [5, 5.41) is 21.9. The van der Waals surface area contributed by atoms with E-state index in [1.54, 1.807) is 25.3 Å². The normalized spacial score (nSPS) is 13.5. The van der Waals surface area contributed by atoms with Gasteiger partial charge in [-0.2, -0.15) is 0 Å². The van der Waals surface area contributed by atoms with Gasteiger partial charge in [0.25, 0.3) is 5.91 Å². The van der Waals surface area contributed by atoms with Crippen LogP contribution in [-0.2, 0) is 18.7 Å². The van der Waals surface area contributed by atoms with Crippen LogP contribution >= 0.6 is 11.3 Å². The zero-order valence-corrected chi connectivity index (χ0v) is 18.5. The minimum atomic E-state index is -0.990. The predicted octanol–water partition coefficient (Wildman–Crippen LogP) is 3.23. The Morgan fingerprint density at radius 3 is 2.74 bits per heavy atom. The molecule has 1 atom stereocenters. The zero-order valence-electron chi connectivity index (χ0n) is 17.7. The number of aliphatic imine (C=N–C) groups is 1. The lowest BCUT2D eigenvalue weighted by molar-refractivity contribution is 0.0655. The first-order chi connectivity index (χ1) is 15.0. The average Bonchev–Trinajstić information content (AvgIpc) is 3.49. The number of aliphatic hydroxyl groups is 1. The zero-order chi connectivity index (χ0) is 22.1. The first kappa shape index (κ1) is 22.6. The monoisotopic (exact) mass is 440 g/mol. The SMILES string of the molecule is CCNC(=NCc1cccc(C(=O)NCc2ccco2)c1)NCC(C)(O)c1cccs1. The number of hydrogen-bond donors (Lipinski definition) is 4. The van der Waals surface area contributed by atoms with E-state index in [1.165, 1.54) is 11.3 Å². The summed E-state index contributed by atoms with van der Waals surface area (Å²) in [5.41, 5.74) is 0.488. The Labute approximate surface area is 186 Å². The molecule has 2 heterocycles. The Bertz CT molecular complexity index is 982. The van der Waals surface area contributed by atoms with Crippen LogP contribution in [0.15, 0.2) is 69.6 Å². The van der Waals surface area contributed by atoms with Gasteiger partial charge in [0.1, 0.15) is 11.4 Å². The lowest BCUT2D eigenvalue weighted by Gasteiger charge is -2.23. The largest absolute Gasteiger partial charge is 0.467 e. The summed E-state index contributed by atoms with van der Waals surface area (Å²) in [4.78, 5) is 17.9. The highest BCUT2D eigenvalue weighted by atomic mass is 32.1. The summed E-state index contributed by atoms with van der Waals surface area (Å²) < 4.78 is 5.24. The molecule has 0 saturated carbocycles. The van der Waals surface area contributed by atoms with Gasteiger partial charge in [-0.05, 0) is 55.1 Å². The van der Waals surface area contributed by atoms with Gasteiger partial charge in [-0.1, -0.05) is 18.2 Å². The van der Waals surface area contributed by atoms with Crippen LogP contribution in [0.3, 0.4) is 0 Å². The maximum absolute atomic E-state index is 12.4. The highest BCUT2D eigenvalue weighted by Gasteiger charge is 2.24. The summed E-state index contributed by atoms with van der Waals surface area (Å²) in [6.07, 6.45) is 1.58. The molecule has 0 saturated heterocycles. The Kier molecular flexibility index (Phi) is 7.86. The van der Waals surface area contributed by atoms with E-state index in [0.717, 1.165) is 10.4 Å². The summed E-state index contributed by atoms with van der Waals surface area (Å²) in [5.74, 6) is 1.14. The Balaban J connectivity index is 1.59. The van der Waals surface area contributed by atoms with E-state index in [0.29, 0.717) is 43.5 Å². The minimum Gasteiger partial charge on any atom is -0.467 e. The van der Waals surface area contributed by atoms with Gasteiger partial charge in [0.2, 0.25) is 0 Å². The number of guanidine groups is 1. The second kappa shape index (κ2) is 10.8. The molecule has 0 aliphatic heterocycles. The molecule has 0 aliphatic rings. The molecule has 0 bridgehead atoms. The third-order valence-corrected chi connectivity index (χ3v) is 5.73. The molecule has 0 spiro atoms. The highest BCUT2D eigenvalue weighted by molar-refractivity contribution is 7.10. The van der Waals surface area contributed by atoms with Gasteiger partial charge in [0.15, 0.2) is 5.96 Å². The van der Waals surface area contributed by atoms with Gasteiger partial charge in [-0.3, -0.25) is 4.79 Å². The van der Waals surface area contributed by atoms with Crippen molar-refractivity contribution >= 4 is 23.2 Å². The van der Waals surface area contributed by atoms with E-state index >= 15 is 0 Å². The van der Waals surface area contributed by atoms with E-state index in [2.05, 4.69) is 20.9 Å². The van der Waals surface area contributed by atoms with Gasteiger partial charge in [0, 0.05) is 17.0 Å². The van der Waals surface area contributed by atoms with Crippen molar-refractivity contribution < 1.29 is 14.3 Å². The third kappa shape index (κ3) is 6.70. The quantitative estimate of drug-likeness (QED) is 0.302. The van der Waals surface area contributed by atoms with Crippen molar-refractivity contribution in [1.29, 1.82) is 0 Å². The summed E-state index contributed by atoms with van der Waals surface area (Å²) in [7, 11) is 0. The Hall–Kier alpha value is -3.10. The molecule has 3 aromatic rings.